The van der Waals surface area contributed by atoms with Crippen LogP contribution in [-0.2, 0) is 20.7 Å². The molecular weight excluding hydrogens is 502 g/mol. The summed E-state index contributed by atoms with van der Waals surface area (Å²) in [6.45, 7) is 9.03. The first-order valence-corrected chi connectivity index (χ1v) is 11.9. The van der Waals surface area contributed by atoms with Gasteiger partial charge in [-0.05, 0) is 70.4 Å². The van der Waals surface area contributed by atoms with Gasteiger partial charge in [0.15, 0.2) is 0 Å². The molecule has 0 aromatic heterocycles. The number of esters is 1. The largest absolute Gasteiger partial charge is 0.460 e. The molecule has 0 saturated carbocycles. The number of halogens is 5. The fourth-order valence-electron chi connectivity index (χ4n) is 2.85. The number of benzene rings is 2. The number of anilines is 1. The van der Waals surface area contributed by atoms with Gasteiger partial charge in [0.05, 0.1) is 22.5 Å². The first-order chi connectivity index (χ1) is 16.0. The van der Waals surface area contributed by atoms with E-state index in [2.05, 4.69) is 5.32 Å². The summed E-state index contributed by atoms with van der Waals surface area (Å²) in [7, 11) is 0. The van der Waals surface area contributed by atoms with Crippen molar-refractivity contribution in [3.63, 3.8) is 0 Å². The lowest BCUT2D eigenvalue weighted by Gasteiger charge is -2.31. The van der Waals surface area contributed by atoms with E-state index in [1.807, 2.05) is 37.3 Å². The van der Waals surface area contributed by atoms with Crippen molar-refractivity contribution in [2.45, 2.75) is 72.1 Å². The lowest BCUT2D eigenvalue weighted by atomic mass is 9.81. The van der Waals surface area contributed by atoms with Gasteiger partial charge in [0, 0.05) is 11.4 Å². The van der Waals surface area contributed by atoms with Crippen LogP contribution < -0.4 is 5.32 Å². The van der Waals surface area contributed by atoms with Crippen molar-refractivity contribution in [3.05, 3.63) is 64.1 Å². The molecule has 2 aromatic rings. The van der Waals surface area contributed by atoms with Gasteiger partial charge in [0.2, 0.25) is 5.91 Å². The van der Waals surface area contributed by atoms with E-state index in [9.17, 15) is 22.8 Å². The number of carbonyl (C=O) groups is 2. The van der Waals surface area contributed by atoms with E-state index in [0.29, 0.717) is 18.4 Å². The predicted molar refractivity (Wildman–Crippen MR) is 135 cm³/mol. The van der Waals surface area contributed by atoms with Gasteiger partial charge >= 0.3 is 12.1 Å². The molecule has 0 bridgehead atoms. The standard InChI is InChI=1S/C20H27ClF3NO3.C6H5Cl/c1-6-19(5,17(27)28-18(2,3)4)12-13-7-8-14(21)15(11-13)25-16(26)9-10-20(22,23)24;7-6-4-2-1-3-5-6/h7-8,11H,6,9-10,12H2,1-5H3,(H,25,26);1-5H. The Kier molecular flexibility index (Phi) is 11.6. The van der Waals surface area contributed by atoms with Crippen molar-refractivity contribution >= 4 is 40.8 Å². The van der Waals surface area contributed by atoms with E-state index in [-0.39, 0.29) is 16.7 Å². The average Bonchev–Trinajstić information content (AvgIpc) is 2.74. The Hall–Kier alpha value is -2.25. The van der Waals surface area contributed by atoms with Gasteiger partial charge in [-0.25, -0.2) is 0 Å². The molecule has 1 amide bonds. The van der Waals surface area contributed by atoms with Crippen LogP contribution >= 0.6 is 23.2 Å². The molecule has 4 nitrogen and oxygen atoms in total. The maximum Gasteiger partial charge on any atom is 0.389 e. The number of rotatable bonds is 7. The van der Waals surface area contributed by atoms with E-state index in [0.717, 1.165) is 5.02 Å². The summed E-state index contributed by atoms with van der Waals surface area (Å²) >= 11 is 11.6. The second kappa shape index (κ2) is 13.2. The lowest BCUT2D eigenvalue weighted by Crippen LogP contribution is -2.37. The molecule has 0 aliphatic rings. The van der Waals surface area contributed by atoms with E-state index in [4.69, 9.17) is 27.9 Å². The summed E-state index contributed by atoms with van der Waals surface area (Å²) in [6.07, 6.45) is -5.44. The Morgan fingerprint density at radius 2 is 1.57 bits per heavy atom. The zero-order chi connectivity index (χ0) is 26.9. The highest BCUT2D eigenvalue weighted by molar-refractivity contribution is 6.33. The summed E-state index contributed by atoms with van der Waals surface area (Å²) in [6, 6.07) is 14.3. The zero-order valence-corrected chi connectivity index (χ0v) is 22.1. The summed E-state index contributed by atoms with van der Waals surface area (Å²) in [4.78, 5) is 24.4. The summed E-state index contributed by atoms with van der Waals surface area (Å²) in [5, 5.41) is 3.41. The topological polar surface area (TPSA) is 55.4 Å². The molecule has 0 heterocycles. The summed E-state index contributed by atoms with van der Waals surface area (Å²) < 4.78 is 42.3. The smallest absolute Gasteiger partial charge is 0.389 e. The highest BCUT2D eigenvalue weighted by atomic mass is 35.5. The van der Waals surface area contributed by atoms with Crippen molar-refractivity contribution in [2.24, 2.45) is 5.41 Å². The Bertz CT molecular complexity index is 976. The Labute approximate surface area is 215 Å². The van der Waals surface area contributed by atoms with Crippen LogP contribution in [0, 0.1) is 5.41 Å². The molecule has 194 valence electrons. The number of alkyl halides is 3. The number of hydrogen-bond donors (Lipinski definition) is 1. The van der Waals surface area contributed by atoms with Crippen molar-refractivity contribution in [2.75, 3.05) is 5.32 Å². The highest BCUT2D eigenvalue weighted by Crippen LogP contribution is 2.33. The van der Waals surface area contributed by atoms with Crippen LogP contribution in [0.5, 0.6) is 0 Å². The van der Waals surface area contributed by atoms with Crippen molar-refractivity contribution in [3.8, 4) is 0 Å². The van der Waals surface area contributed by atoms with Gasteiger partial charge in [-0.1, -0.05) is 54.4 Å². The minimum Gasteiger partial charge on any atom is -0.460 e. The fourth-order valence-corrected chi connectivity index (χ4v) is 3.16. The van der Waals surface area contributed by atoms with Crippen LogP contribution in [0.4, 0.5) is 18.9 Å². The molecule has 35 heavy (non-hydrogen) atoms. The molecule has 0 saturated heterocycles. The van der Waals surface area contributed by atoms with Crippen molar-refractivity contribution in [1.82, 2.24) is 0 Å². The molecule has 0 aliphatic carbocycles. The molecular formula is C26H32Cl2F3NO3. The van der Waals surface area contributed by atoms with Crippen LogP contribution in [0.15, 0.2) is 48.5 Å². The Balaban J connectivity index is 0.000000744. The van der Waals surface area contributed by atoms with E-state index in [1.54, 1.807) is 45.9 Å². The third kappa shape index (κ3) is 12.3. The predicted octanol–water partition coefficient (Wildman–Crippen LogP) is 8.26. The molecule has 0 spiro atoms. The van der Waals surface area contributed by atoms with Gasteiger partial charge in [-0.15, -0.1) is 0 Å². The molecule has 0 fully saturated rings. The Morgan fingerprint density at radius 3 is 2.03 bits per heavy atom. The molecule has 9 heteroatoms. The fraction of sp³-hybridized carbons (Fsp3) is 0.462. The van der Waals surface area contributed by atoms with Crippen LogP contribution in [-0.4, -0.2) is 23.7 Å². The first kappa shape index (κ1) is 30.8. The van der Waals surface area contributed by atoms with Gasteiger partial charge in [0.25, 0.3) is 0 Å². The van der Waals surface area contributed by atoms with Gasteiger partial charge in [-0.2, -0.15) is 13.2 Å². The Morgan fingerprint density at radius 1 is 0.971 bits per heavy atom. The van der Waals surface area contributed by atoms with E-state index < -0.39 is 35.9 Å². The molecule has 1 atom stereocenters. The maximum atomic E-state index is 12.6. The third-order valence-electron chi connectivity index (χ3n) is 4.94. The second-order valence-electron chi connectivity index (χ2n) is 9.37. The van der Waals surface area contributed by atoms with E-state index >= 15 is 0 Å². The van der Waals surface area contributed by atoms with Crippen molar-refractivity contribution in [1.29, 1.82) is 0 Å². The molecule has 1 N–H and O–H groups in total. The average molecular weight is 534 g/mol. The monoisotopic (exact) mass is 533 g/mol. The maximum absolute atomic E-state index is 12.6. The highest BCUT2D eigenvalue weighted by Gasteiger charge is 2.36. The summed E-state index contributed by atoms with van der Waals surface area (Å²) in [5.41, 5.74) is -0.483. The van der Waals surface area contributed by atoms with E-state index in [1.165, 1.54) is 0 Å². The van der Waals surface area contributed by atoms with Crippen LogP contribution in [0.25, 0.3) is 0 Å². The minimum atomic E-state index is -4.40. The second-order valence-corrected chi connectivity index (χ2v) is 10.2. The zero-order valence-electron chi connectivity index (χ0n) is 20.6. The van der Waals surface area contributed by atoms with Crippen molar-refractivity contribution < 1.29 is 27.5 Å². The molecule has 2 rings (SSSR count). The number of ether oxygens (including phenoxy) is 1. The molecule has 1 unspecified atom stereocenters. The lowest BCUT2D eigenvalue weighted by molar-refractivity contribution is -0.166. The minimum absolute atomic E-state index is 0.208. The number of amides is 1. The van der Waals surface area contributed by atoms with Crippen LogP contribution in [0.1, 0.15) is 59.4 Å². The summed E-state index contributed by atoms with van der Waals surface area (Å²) in [5.74, 6) is -1.12. The molecule has 2 aromatic carbocycles. The molecule has 0 aliphatic heterocycles. The number of nitrogens with one attached hydrogen (secondary N) is 1. The van der Waals surface area contributed by atoms with Gasteiger partial charge in [0.1, 0.15) is 5.60 Å². The molecule has 0 radical (unpaired) electrons. The van der Waals surface area contributed by atoms with Gasteiger partial charge in [-0.3, -0.25) is 9.59 Å². The van der Waals surface area contributed by atoms with Crippen LogP contribution in [0.2, 0.25) is 10.0 Å². The SMILES string of the molecule is CCC(C)(Cc1ccc(Cl)c(NC(=O)CCC(F)(F)F)c1)C(=O)OC(C)(C)C.Clc1ccccc1. The number of carbonyl (C=O) groups excluding carboxylic acids is 2. The van der Waals surface area contributed by atoms with Crippen LogP contribution in [0.3, 0.4) is 0 Å². The van der Waals surface area contributed by atoms with Gasteiger partial charge < -0.3 is 10.1 Å². The quantitative estimate of drug-likeness (QED) is 0.364. The third-order valence-corrected chi connectivity index (χ3v) is 5.52. The first-order valence-electron chi connectivity index (χ1n) is 11.1. The normalized spacial score (nSPS) is 13.2. The number of hydrogen-bond acceptors (Lipinski definition) is 3.